The van der Waals surface area contributed by atoms with E-state index in [0.717, 1.165) is 0 Å². The van der Waals surface area contributed by atoms with Gasteiger partial charge in [-0.05, 0) is 11.5 Å². The van der Waals surface area contributed by atoms with Crippen LogP contribution in [-0.4, -0.2) is 0 Å². The number of rotatable bonds is 2. The Hall–Kier alpha value is -2.15. The Morgan fingerprint density at radius 2 is 1.44 bits per heavy atom. The first-order valence-corrected chi connectivity index (χ1v) is 6.29. The number of hydrogen-bond acceptors (Lipinski definition) is 0. The lowest BCUT2D eigenvalue weighted by Gasteiger charge is -2.07. The van der Waals surface area contributed by atoms with Crippen LogP contribution < -0.4 is 4.57 Å². The molecule has 0 aliphatic rings. The summed E-state index contributed by atoms with van der Waals surface area (Å²) in [5.74, 6) is 0. The molecule has 3 aromatic rings. The second-order valence-corrected chi connectivity index (χ2v) is 4.61. The minimum absolute atomic E-state index is 0.357. The van der Waals surface area contributed by atoms with Gasteiger partial charge in [-0.1, -0.05) is 48.5 Å². The van der Waals surface area contributed by atoms with Crippen LogP contribution in [0.1, 0.15) is 18.5 Å². The number of benzene rings is 2. The van der Waals surface area contributed by atoms with Gasteiger partial charge in [0.1, 0.15) is 0 Å². The van der Waals surface area contributed by atoms with E-state index in [0.29, 0.717) is 6.04 Å². The molecule has 1 heterocycles. The summed E-state index contributed by atoms with van der Waals surface area (Å²) in [6, 6.07) is 21.6. The molecule has 0 amide bonds. The maximum atomic E-state index is 2.26. The van der Waals surface area contributed by atoms with E-state index in [2.05, 4.69) is 84.5 Å². The van der Waals surface area contributed by atoms with E-state index in [-0.39, 0.29) is 0 Å². The molecule has 0 spiro atoms. The van der Waals surface area contributed by atoms with E-state index in [9.17, 15) is 0 Å². The molecule has 0 saturated heterocycles. The molecule has 0 bridgehead atoms. The van der Waals surface area contributed by atoms with Gasteiger partial charge in [-0.25, -0.2) is 0 Å². The summed E-state index contributed by atoms with van der Waals surface area (Å²) in [5, 5.41) is 2.57. The van der Waals surface area contributed by atoms with E-state index in [4.69, 9.17) is 0 Å². The van der Waals surface area contributed by atoms with Crippen LogP contribution in [0.5, 0.6) is 0 Å². The molecule has 0 aliphatic heterocycles. The molecule has 1 atom stereocenters. The van der Waals surface area contributed by atoms with Crippen LogP contribution in [0.15, 0.2) is 73.1 Å². The average molecular weight is 234 g/mol. The Balaban J connectivity index is 2.04. The molecule has 88 valence electrons. The van der Waals surface area contributed by atoms with E-state index >= 15 is 0 Å². The van der Waals surface area contributed by atoms with Crippen LogP contribution >= 0.6 is 0 Å². The maximum Gasteiger partial charge on any atom is 0.180 e. The number of pyridine rings is 1. The molecule has 0 aliphatic carbocycles. The molecule has 0 radical (unpaired) electrons. The van der Waals surface area contributed by atoms with Crippen molar-refractivity contribution in [3.05, 3.63) is 78.6 Å². The van der Waals surface area contributed by atoms with Crippen molar-refractivity contribution in [2.75, 3.05) is 0 Å². The zero-order chi connectivity index (χ0) is 12.4. The van der Waals surface area contributed by atoms with Crippen molar-refractivity contribution in [3.63, 3.8) is 0 Å². The van der Waals surface area contributed by atoms with E-state index < -0.39 is 0 Å². The first-order chi connectivity index (χ1) is 8.84. The Bertz CT molecular complexity index is 659. The predicted octanol–water partition coefficient (Wildman–Crippen LogP) is 3.74. The highest BCUT2D eigenvalue weighted by Crippen LogP contribution is 2.14. The average Bonchev–Trinajstić information content (AvgIpc) is 2.47. The quantitative estimate of drug-likeness (QED) is 0.595. The van der Waals surface area contributed by atoms with Gasteiger partial charge in [0, 0.05) is 23.9 Å². The Kier molecular flexibility index (Phi) is 2.81. The second kappa shape index (κ2) is 4.61. The summed E-state index contributed by atoms with van der Waals surface area (Å²) in [6.07, 6.45) is 4.37. The van der Waals surface area contributed by atoms with Gasteiger partial charge in [0.2, 0.25) is 0 Å². The summed E-state index contributed by atoms with van der Waals surface area (Å²) in [4.78, 5) is 0. The van der Waals surface area contributed by atoms with Crippen molar-refractivity contribution in [2.45, 2.75) is 13.0 Å². The van der Waals surface area contributed by atoms with Crippen molar-refractivity contribution in [1.82, 2.24) is 0 Å². The number of fused-ring (bicyclic) bond motifs is 1. The standard InChI is InChI=1S/C17H16N/c1-14(15-7-3-2-4-8-15)18-12-11-16-9-5-6-10-17(16)13-18/h2-14H,1H3/q+1/t14-/m0/s1. The lowest BCUT2D eigenvalue weighted by Crippen LogP contribution is -2.37. The van der Waals surface area contributed by atoms with Crippen molar-refractivity contribution < 1.29 is 4.57 Å². The number of hydrogen-bond donors (Lipinski definition) is 0. The third-order valence-corrected chi connectivity index (χ3v) is 3.44. The van der Waals surface area contributed by atoms with Gasteiger partial charge in [0.15, 0.2) is 18.4 Å². The van der Waals surface area contributed by atoms with Gasteiger partial charge < -0.3 is 0 Å². The van der Waals surface area contributed by atoms with Crippen LogP contribution in [0.4, 0.5) is 0 Å². The second-order valence-electron chi connectivity index (χ2n) is 4.61. The molecular weight excluding hydrogens is 218 g/mol. The lowest BCUT2D eigenvalue weighted by atomic mass is 10.1. The summed E-state index contributed by atoms with van der Waals surface area (Å²) in [6.45, 7) is 2.23. The first-order valence-electron chi connectivity index (χ1n) is 6.29. The van der Waals surface area contributed by atoms with Gasteiger partial charge in [-0.15, -0.1) is 0 Å². The Labute approximate surface area is 107 Å². The summed E-state index contributed by atoms with van der Waals surface area (Å²) in [7, 11) is 0. The van der Waals surface area contributed by atoms with E-state index in [1.165, 1.54) is 16.3 Å². The predicted molar refractivity (Wildman–Crippen MR) is 74.4 cm³/mol. The van der Waals surface area contributed by atoms with Gasteiger partial charge in [-0.3, -0.25) is 0 Å². The number of aromatic nitrogens is 1. The van der Waals surface area contributed by atoms with Crippen LogP contribution in [0, 0.1) is 0 Å². The summed E-state index contributed by atoms with van der Waals surface area (Å²) >= 11 is 0. The molecule has 1 nitrogen and oxygen atoms in total. The molecule has 3 rings (SSSR count). The van der Waals surface area contributed by atoms with Gasteiger partial charge in [-0.2, -0.15) is 4.57 Å². The summed E-state index contributed by atoms with van der Waals surface area (Å²) in [5.41, 5.74) is 1.33. The first kappa shape index (κ1) is 11.0. The third kappa shape index (κ3) is 2.00. The minimum atomic E-state index is 0.357. The van der Waals surface area contributed by atoms with Gasteiger partial charge in [0.05, 0.1) is 0 Å². The van der Waals surface area contributed by atoms with Crippen LogP contribution in [0.2, 0.25) is 0 Å². The van der Waals surface area contributed by atoms with Crippen LogP contribution in [-0.2, 0) is 0 Å². The lowest BCUT2D eigenvalue weighted by molar-refractivity contribution is -0.709. The zero-order valence-corrected chi connectivity index (χ0v) is 10.5. The Morgan fingerprint density at radius 3 is 2.22 bits per heavy atom. The van der Waals surface area contributed by atoms with Gasteiger partial charge >= 0.3 is 0 Å². The molecule has 0 unspecified atom stereocenters. The van der Waals surface area contributed by atoms with Crippen molar-refractivity contribution in [2.24, 2.45) is 0 Å². The molecule has 0 saturated carbocycles. The monoisotopic (exact) mass is 234 g/mol. The summed E-state index contributed by atoms with van der Waals surface area (Å²) < 4.78 is 2.26. The van der Waals surface area contributed by atoms with E-state index in [1.54, 1.807) is 0 Å². The van der Waals surface area contributed by atoms with Gasteiger partial charge in [0.25, 0.3) is 0 Å². The fraction of sp³-hybridized carbons (Fsp3) is 0.118. The zero-order valence-electron chi connectivity index (χ0n) is 10.5. The minimum Gasteiger partial charge on any atom is -0.198 e. The third-order valence-electron chi connectivity index (χ3n) is 3.44. The van der Waals surface area contributed by atoms with Crippen LogP contribution in [0.25, 0.3) is 10.8 Å². The molecule has 1 heteroatoms. The highest BCUT2D eigenvalue weighted by atomic mass is 15.0. The number of nitrogens with zero attached hydrogens (tertiary/aromatic N) is 1. The highest BCUT2D eigenvalue weighted by molar-refractivity contribution is 5.80. The fourth-order valence-corrected chi connectivity index (χ4v) is 2.29. The molecule has 2 aromatic carbocycles. The van der Waals surface area contributed by atoms with E-state index in [1.807, 2.05) is 0 Å². The maximum absolute atomic E-state index is 2.26. The Morgan fingerprint density at radius 1 is 0.778 bits per heavy atom. The largest absolute Gasteiger partial charge is 0.198 e. The van der Waals surface area contributed by atoms with Crippen LogP contribution in [0.3, 0.4) is 0 Å². The molecule has 0 N–H and O–H groups in total. The fourth-order valence-electron chi connectivity index (χ4n) is 2.29. The molecule has 18 heavy (non-hydrogen) atoms. The normalized spacial score (nSPS) is 12.5. The van der Waals surface area contributed by atoms with Crippen molar-refractivity contribution >= 4 is 10.8 Å². The van der Waals surface area contributed by atoms with Crippen molar-refractivity contribution in [1.29, 1.82) is 0 Å². The molecule has 0 fully saturated rings. The van der Waals surface area contributed by atoms with Crippen molar-refractivity contribution in [3.8, 4) is 0 Å². The SMILES string of the molecule is C[C@@H](c1ccccc1)[n+]1ccc2ccccc2c1. The topological polar surface area (TPSA) is 3.88 Å². The highest BCUT2D eigenvalue weighted by Gasteiger charge is 2.14. The molecular formula is C17H16N+. The smallest absolute Gasteiger partial charge is 0.180 e. The molecule has 1 aromatic heterocycles.